The number of pyridine rings is 1. The maximum Gasteiger partial charge on any atom is 0.335 e. The van der Waals surface area contributed by atoms with Crippen LogP contribution < -0.4 is 10.1 Å². The van der Waals surface area contributed by atoms with Gasteiger partial charge in [0.1, 0.15) is 6.04 Å². The van der Waals surface area contributed by atoms with E-state index in [2.05, 4.69) is 10.3 Å². The van der Waals surface area contributed by atoms with Gasteiger partial charge in [0.2, 0.25) is 5.88 Å². The Morgan fingerprint density at radius 1 is 1.18 bits per heavy atom. The first-order valence-corrected chi connectivity index (χ1v) is 12.6. The molecule has 2 atom stereocenters. The van der Waals surface area contributed by atoms with E-state index in [1.807, 2.05) is 0 Å². The summed E-state index contributed by atoms with van der Waals surface area (Å²) in [5.74, 6) is -3.54. The fraction of sp³-hybridized carbons (Fsp3) is 0.385. The van der Waals surface area contributed by atoms with Crippen LogP contribution in [0.3, 0.4) is 0 Å². The molecule has 204 valence electrons. The van der Waals surface area contributed by atoms with E-state index in [1.54, 1.807) is 25.1 Å². The summed E-state index contributed by atoms with van der Waals surface area (Å²) in [6, 6.07) is 5.85. The number of hydrogen-bond acceptors (Lipinski definition) is 8. The lowest BCUT2D eigenvalue weighted by atomic mass is 9.46. The Morgan fingerprint density at radius 2 is 1.95 bits per heavy atom. The number of nitrogens with zero attached hydrogens (tertiary/aromatic N) is 3. The van der Waals surface area contributed by atoms with Gasteiger partial charge in [-0.3, -0.25) is 19.3 Å². The predicted octanol–water partition coefficient (Wildman–Crippen LogP) is 0.881. The van der Waals surface area contributed by atoms with E-state index in [0.29, 0.717) is 23.6 Å². The molecule has 0 saturated carbocycles. The highest BCUT2D eigenvalue weighted by molar-refractivity contribution is 6.52. The molecular formula is C26H29BN4O8. The molecule has 3 N–H and O–H groups in total. The molecule has 0 spiro atoms. The van der Waals surface area contributed by atoms with Crippen LogP contribution >= 0.6 is 0 Å². The van der Waals surface area contributed by atoms with Gasteiger partial charge in [0.05, 0.1) is 12.7 Å². The monoisotopic (exact) mass is 536 g/mol. The number of likely N-dealkylation sites (N-methyl/N-ethyl adjacent to an activating group) is 1. The highest BCUT2D eigenvalue weighted by Gasteiger charge is 2.39. The number of ketones is 1. The first-order chi connectivity index (χ1) is 18.6. The Kier molecular flexibility index (Phi) is 8.29. The van der Waals surface area contributed by atoms with Crippen LogP contribution in [0.1, 0.15) is 46.4 Å². The molecule has 1 fully saturated rings. The molecule has 1 saturated heterocycles. The molecule has 39 heavy (non-hydrogen) atoms. The molecule has 1 unspecified atom stereocenters. The van der Waals surface area contributed by atoms with Gasteiger partial charge in [-0.1, -0.05) is 12.1 Å². The number of amides is 4. The highest BCUT2D eigenvalue weighted by Crippen LogP contribution is 2.34. The molecule has 1 aromatic carbocycles. The van der Waals surface area contributed by atoms with Crippen molar-refractivity contribution in [1.29, 1.82) is 0 Å². The second-order valence-electron chi connectivity index (χ2n) is 9.51. The topological polar surface area (TPSA) is 166 Å². The number of ether oxygens (including phenoxy) is 1. The van der Waals surface area contributed by atoms with Gasteiger partial charge in [-0.25, -0.2) is 14.6 Å². The number of benzene rings is 1. The van der Waals surface area contributed by atoms with Gasteiger partial charge in [0.15, 0.2) is 5.78 Å². The molecule has 2 aromatic rings. The zero-order chi connectivity index (χ0) is 28.3. The van der Waals surface area contributed by atoms with Crippen molar-refractivity contribution in [3.63, 3.8) is 0 Å². The number of carbonyl (C=O) groups excluding carboxylic acids is 4. The summed E-state index contributed by atoms with van der Waals surface area (Å²) in [7, 11) is 1.43. The van der Waals surface area contributed by atoms with Crippen molar-refractivity contribution in [2.45, 2.75) is 37.9 Å². The van der Waals surface area contributed by atoms with Gasteiger partial charge in [0, 0.05) is 43.9 Å². The number of aromatic carboxylic acids is 1. The number of piperazine rings is 1. The SMILES string of the molecule is CCN1CCN(C(=O)NC(C(=O)C[C@H]2Cc3cccc(C(=O)O)c3CB2O)c2ccc(OC)nc2)C(=O)C1=O. The van der Waals surface area contributed by atoms with Crippen molar-refractivity contribution in [2.24, 2.45) is 0 Å². The number of rotatable bonds is 8. The van der Waals surface area contributed by atoms with Crippen LogP contribution in [0.2, 0.25) is 5.82 Å². The number of aromatic nitrogens is 1. The molecule has 12 nitrogen and oxygen atoms in total. The van der Waals surface area contributed by atoms with Crippen LogP contribution in [0.5, 0.6) is 5.88 Å². The quantitative estimate of drug-likeness (QED) is 0.328. The van der Waals surface area contributed by atoms with Gasteiger partial charge in [-0.2, -0.15) is 0 Å². The standard InChI is InChI=1S/C26H29BN4O8/c1-3-30-9-10-31(24(34)23(30)33)26(37)29-22(16-7-8-21(39-2)28-14-16)20(32)12-17-11-15-5-4-6-18(25(35)36)19(15)13-27(17)38/h4-8,14,17,22,38H,3,9-13H2,1-2H3,(H,29,37)(H,35,36)/t17-,22?/m1/s1. The molecule has 4 amide bonds. The third-order valence-corrected chi connectivity index (χ3v) is 7.23. The van der Waals surface area contributed by atoms with E-state index in [9.17, 15) is 34.1 Å². The Bertz CT molecular complexity index is 1300. The molecule has 0 radical (unpaired) electrons. The summed E-state index contributed by atoms with van der Waals surface area (Å²) in [6.45, 7) is 1.25. The third-order valence-electron chi connectivity index (χ3n) is 7.23. The normalized spacial score (nSPS) is 17.9. The number of imide groups is 1. The first-order valence-electron chi connectivity index (χ1n) is 12.6. The summed E-state index contributed by atoms with van der Waals surface area (Å²) in [6.07, 6.45) is 1.59. The molecule has 13 heteroatoms. The molecular weight excluding hydrogens is 507 g/mol. The number of Topliss-reactive ketones (excluding diaryl/α,β-unsaturated/α-hetero) is 1. The average molecular weight is 536 g/mol. The lowest BCUT2D eigenvalue weighted by molar-refractivity contribution is -0.153. The van der Waals surface area contributed by atoms with Crippen molar-refractivity contribution >= 4 is 36.5 Å². The van der Waals surface area contributed by atoms with E-state index in [1.165, 1.54) is 30.3 Å². The second-order valence-corrected chi connectivity index (χ2v) is 9.51. The highest BCUT2D eigenvalue weighted by atomic mass is 16.5. The molecule has 2 aliphatic rings. The van der Waals surface area contributed by atoms with E-state index < -0.39 is 48.4 Å². The largest absolute Gasteiger partial charge is 0.481 e. The maximum absolute atomic E-state index is 13.6. The fourth-order valence-corrected chi connectivity index (χ4v) is 5.05. The van der Waals surface area contributed by atoms with Gasteiger partial charge >= 0.3 is 23.8 Å². The van der Waals surface area contributed by atoms with Crippen LogP contribution in [0.4, 0.5) is 4.79 Å². The van der Waals surface area contributed by atoms with Gasteiger partial charge in [0.25, 0.3) is 6.92 Å². The summed E-state index contributed by atoms with van der Waals surface area (Å²) in [4.78, 5) is 69.4. The van der Waals surface area contributed by atoms with Crippen molar-refractivity contribution in [3.05, 3.63) is 58.8 Å². The summed E-state index contributed by atoms with van der Waals surface area (Å²) >= 11 is 0. The van der Waals surface area contributed by atoms with Crippen molar-refractivity contribution in [1.82, 2.24) is 20.1 Å². The molecule has 0 bridgehead atoms. The van der Waals surface area contributed by atoms with Gasteiger partial charge < -0.3 is 25.1 Å². The Morgan fingerprint density at radius 3 is 2.59 bits per heavy atom. The summed E-state index contributed by atoms with van der Waals surface area (Å²) in [5, 5.41) is 22.9. The van der Waals surface area contributed by atoms with Crippen LogP contribution in [-0.4, -0.2) is 88.2 Å². The molecule has 2 aliphatic heterocycles. The summed E-state index contributed by atoms with van der Waals surface area (Å²) < 4.78 is 5.07. The zero-order valence-electron chi connectivity index (χ0n) is 21.6. The van der Waals surface area contributed by atoms with E-state index in [-0.39, 0.29) is 37.8 Å². The van der Waals surface area contributed by atoms with E-state index in [4.69, 9.17) is 4.74 Å². The minimum absolute atomic E-state index is 0.0178. The third kappa shape index (κ3) is 5.77. The number of urea groups is 1. The average Bonchev–Trinajstić information content (AvgIpc) is 2.93. The van der Waals surface area contributed by atoms with Crippen LogP contribution in [0.15, 0.2) is 36.5 Å². The minimum Gasteiger partial charge on any atom is -0.481 e. The predicted molar refractivity (Wildman–Crippen MR) is 138 cm³/mol. The Hall–Kier alpha value is -4.26. The molecule has 1 aromatic heterocycles. The number of carboxylic acids is 1. The smallest absolute Gasteiger partial charge is 0.335 e. The lowest BCUT2D eigenvalue weighted by Gasteiger charge is -2.33. The zero-order valence-corrected chi connectivity index (χ0v) is 21.6. The number of carboxylic acid groups (broad SMARTS) is 1. The van der Waals surface area contributed by atoms with Gasteiger partial charge in [-0.15, -0.1) is 0 Å². The molecule has 3 heterocycles. The maximum atomic E-state index is 13.6. The number of methoxy groups -OCH3 is 1. The molecule has 0 aliphatic carbocycles. The summed E-state index contributed by atoms with van der Waals surface area (Å²) in [5.41, 5.74) is 1.73. The first kappa shape index (κ1) is 27.8. The lowest BCUT2D eigenvalue weighted by Crippen LogP contribution is -2.58. The number of carbonyl (C=O) groups is 5. The van der Waals surface area contributed by atoms with Gasteiger partial charge in [-0.05, 0) is 48.7 Å². The number of nitrogens with one attached hydrogen (secondary N) is 1. The van der Waals surface area contributed by atoms with Crippen molar-refractivity contribution in [2.75, 3.05) is 26.7 Å². The minimum atomic E-state index is -1.22. The molecule has 4 rings (SSSR count). The number of hydrogen-bond donors (Lipinski definition) is 3. The van der Waals surface area contributed by atoms with Crippen LogP contribution in [0, 0.1) is 0 Å². The fourth-order valence-electron chi connectivity index (χ4n) is 5.05. The van der Waals surface area contributed by atoms with E-state index in [0.717, 1.165) is 10.5 Å². The van der Waals surface area contributed by atoms with Crippen LogP contribution in [-0.2, 0) is 27.1 Å². The Labute approximate surface area is 225 Å². The van der Waals surface area contributed by atoms with Crippen molar-refractivity contribution < 1.29 is 38.8 Å². The van der Waals surface area contributed by atoms with Crippen LogP contribution in [0.25, 0.3) is 0 Å². The van der Waals surface area contributed by atoms with Crippen molar-refractivity contribution in [3.8, 4) is 5.88 Å². The number of fused-ring (bicyclic) bond motifs is 1. The second kappa shape index (κ2) is 11.6. The Balaban J connectivity index is 1.56. The van der Waals surface area contributed by atoms with E-state index >= 15 is 0 Å².